The minimum Gasteiger partial charge on any atom is -0.444 e. The molecule has 0 saturated carbocycles. The van der Waals surface area contributed by atoms with E-state index in [0.717, 1.165) is 6.42 Å². The van der Waals surface area contributed by atoms with Gasteiger partial charge in [-0.2, -0.15) is 0 Å². The van der Waals surface area contributed by atoms with Crippen molar-refractivity contribution in [2.45, 2.75) is 37.7 Å². The number of benzene rings is 1. The van der Waals surface area contributed by atoms with Crippen LogP contribution in [0.4, 0.5) is 4.79 Å². The SMILES string of the molecule is CN(C(=O)OC(C)(C)C)C(Br)Cc1ccccc1. The van der Waals surface area contributed by atoms with Gasteiger partial charge in [0.1, 0.15) is 5.60 Å². The highest BCUT2D eigenvalue weighted by Crippen LogP contribution is 2.16. The normalized spacial score (nSPS) is 12.9. The summed E-state index contributed by atoms with van der Waals surface area (Å²) in [6.07, 6.45) is 0.427. The molecule has 0 aliphatic heterocycles. The van der Waals surface area contributed by atoms with E-state index >= 15 is 0 Å². The molecule has 0 N–H and O–H groups in total. The number of ether oxygens (including phenoxy) is 1. The Hall–Kier alpha value is -1.03. The summed E-state index contributed by atoms with van der Waals surface area (Å²) in [5, 5.41) is 0. The largest absolute Gasteiger partial charge is 0.444 e. The highest BCUT2D eigenvalue weighted by molar-refractivity contribution is 9.09. The van der Waals surface area contributed by atoms with Gasteiger partial charge < -0.3 is 4.74 Å². The van der Waals surface area contributed by atoms with Crippen LogP contribution in [0.2, 0.25) is 0 Å². The van der Waals surface area contributed by atoms with E-state index in [9.17, 15) is 4.79 Å². The first-order valence-corrected chi connectivity index (χ1v) is 6.85. The number of hydrogen-bond acceptors (Lipinski definition) is 2. The third-order valence-electron chi connectivity index (χ3n) is 2.35. The lowest BCUT2D eigenvalue weighted by Crippen LogP contribution is -2.39. The Labute approximate surface area is 117 Å². The van der Waals surface area contributed by atoms with E-state index in [1.807, 2.05) is 51.1 Å². The molecule has 1 aromatic carbocycles. The number of carbonyl (C=O) groups excluding carboxylic acids is 1. The van der Waals surface area contributed by atoms with E-state index in [2.05, 4.69) is 15.9 Å². The molecule has 0 heterocycles. The fraction of sp³-hybridized carbons (Fsp3) is 0.500. The summed E-state index contributed by atoms with van der Waals surface area (Å²) in [5.41, 5.74) is 0.708. The first-order valence-electron chi connectivity index (χ1n) is 5.93. The van der Waals surface area contributed by atoms with Gasteiger partial charge in [0.05, 0.1) is 4.95 Å². The summed E-state index contributed by atoms with van der Waals surface area (Å²) in [4.78, 5) is 13.4. The smallest absolute Gasteiger partial charge is 0.410 e. The molecule has 0 bridgehead atoms. The van der Waals surface area contributed by atoms with Gasteiger partial charge in [0.25, 0.3) is 0 Å². The number of likely N-dealkylation sites (N-methyl/N-ethyl adjacent to an activating group) is 1. The van der Waals surface area contributed by atoms with Crippen molar-refractivity contribution >= 4 is 22.0 Å². The molecule has 0 aromatic heterocycles. The predicted octanol–water partition coefficient (Wildman–Crippen LogP) is 3.82. The molecule has 100 valence electrons. The third kappa shape index (κ3) is 5.08. The molecule has 0 fully saturated rings. The van der Waals surface area contributed by atoms with Gasteiger partial charge in [0.15, 0.2) is 0 Å². The van der Waals surface area contributed by atoms with E-state index in [4.69, 9.17) is 4.74 Å². The zero-order valence-corrected chi connectivity index (χ0v) is 12.9. The molecule has 0 aliphatic carbocycles. The van der Waals surface area contributed by atoms with Crippen molar-refractivity contribution < 1.29 is 9.53 Å². The van der Waals surface area contributed by atoms with E-state index < -0.39 is 5.60 Å². The molecular weight excluding hydrogens is 294 g/mol. The lowest BCUT2D eigenvalue weighted by atomic mass is 10.1. The molecule has 1 aromatic rings. The van der Waals surface area contributed by atoms with Crippen LogP contribution < -0.4 is 0 Å². The molecule has 0 saturated heterocycles. The summed E-state index contributed by atoms with van der Waals surface area (Å²) in [7, 11) is 1.73. The maximum Gasteiger partial charge on any atom is 0.410 e. The minimum absolute atomic E-state index is 0.0743. The summed E-state index contributed by atoms with van der Waals surface area (Å²) < 4.78 is 5.32. The Balaban J connectivity index is 2.56. The van der Waals surface area contributed by atoms with Crippen molar-refractivity contribution in [2.24, 2.45) is 0 Å². The second kappa shape index (κ2) is 6.23. The third-order valence-corrected chi connectivity index (χ3v) is 3.29. The zero-order valence-electron chi connectivity index (χ0n) is 11.3. The van der Waals surface area contributed by atoms with Crippen molar-refractivity contribution in [3.8, 4) is 0 Å². The van der Waals surface area contributed by atoms with Crippen LogP contribution in [-0.4, -0.2) is 28.6 Å². The van der Waals surface area contributed by atoms with Gasteiger partial charge in [-0.25, -0.2) is 4.79 Å². The highest BCUT2D eigenvalue weighted by Gasteiger charge is 2.23. The Kier molecular flexibility index (Phi) is 5.20. The van der Waals surface area contributed by atoms with E-state index in [0.29, 0.717) is 0 Å². The van der Waals surface area contributed by atoms with Crippen molar-refractivity contribution in [3.05, 3.63) is 35.9 Å². The Morgan fingerprint density at radius 3 is 2.39 bits per heavy atom. The Morgan fingerprint density at radius 2 is 1.89 bits per heavy atom. The molecule has 4 heteroatoms. The van der Waals surface area contributed by atoms with E-state index in [1.165, 1.54) is 5.56 Å². The van der Waals surface area contributed by atoms with E-state index in [1.54, 1.807) is 11.9 Å². The van der Waals surface area contributed by atoms with Gasteiger partial charge >= 0.3 is 6.09 Å². The predicted molar refractivity (Wildman–Crippen MR) is 76.9 cm³/mol. The second-order valence-corrected chi connectivity index (χ2v) is 6.27. The summed E-state index contributed by atoms with van der Waals surface area (Å²) in [6, 6.07) is 10.0. The molecule has 18 heavy (non-hydrogen) atoms. The average molecular weight is 314 g/mol. The number of amides is 1. The fourth-order valence-electron chi connectivity index (χ4n) is 1.39. The zero-order chi connectivity index (χ0) is 13.8. The van der Waals surface area contributed by atoms with Gasteiger partial charge in [0, 0.05) is 13.5 Å². The van der Waals surface area contributed by atoms with Crippen LogP contribution in [0.25, 0.3) is 0 Å². The first kappa shape index (κ1) is 15.0. The number of nitrogens with zero attached hydrogens (tertiary/aromatic N) is 1. The quantitative estimate of drug-likeness (QED) is 0.627. The number of hydrogen-bond donors (Lipinski definition) is 0. The number of carbonyl (C=O) groups is 1. The molecule has 1 atom stereocenters. The summed E-state index contributed by atoms with van der Waals surface area (Å²) in [5.74, 6) is 0. The minimum atomic E-state index is -0.467. The van der Waals surface area contributed by atoms with Gasteiger partial charge in [-0.15, -0.1) is 0 Å². The number of alkyl halides is 1. The molecule has 1 amide bonds. The monoisotopic (exact) mass is 313 g/mol. The molecule has 3 nitrogen and oxygen atoms in total. The van der Waals surface area contributed by atoms with Gasteiger partial charge in [-0.05, 0) is 26.3 Å². The van der Waals surface area contributed by atoms with Gasteiger partial charge in [-0.1, -0.05) is 46.3 Å². The highest BCUT2D eigenvalue weighted by atomic mass is 79.9. The van der Waals surface area contributed by atoms with Crippen molar-refractivity contribution in [1.82, 2.24) is 4.90 Å². The van der Waals surface area contributed by atoms with Crippen LogP contribution >= 0.6 is 15.9 Å². The molecule has 1 rings (SSSR count). The molecular formula is C14H20BrNO2. The standard InChI is InChI=1S/C14H20BrNO2/c1-14(2,3)18-13(17)16(4)12(15)10-11-8-6-5-7-9-11/h5-9,12H,10H2,1-4H3. The molecule has 0 spiro atoms. The fourth-order valence-corrected chi connectivity index (χ4v) is 1.93. The van der Waals surface area contributed by atoms with Crippen LogP contribution in [0, 0.1) is 0 Å². The maximum atomic E-state index is 11.9. The van der Waals surface area contributed by atoms with Crippen molar-refractivity contribution in [1.29, 1.82) is 0 Å². The summed E-state index contributed by atoms with van der Waals surface area (Å²) >= 11 is 3.51. The molecule has 0 radical (unpaired) electrons. The summed E-state index contributed by atoms with van der Waals surface area (Å²) in [6.45, 7) is 5.58. The van der Waals surface area contributed by atoms with Crippen LogP contribution in [0.15, 0.2) is 30.3 Å². The molecule has 1 unspecified atom stereocenters. The van der Waals surface area contributed by atoms with Crippen LogP contribution in [0.5, 0.6) is 0 Å². The number of rotatable bonds is 3. The number of halogens is 1. The van der Waals surface area contributed by atoms with Crippen LogP contribution in [0.3, 0.4) is 0 Å². The van der Waals surface area contributed by atoms with Crippen molar-refractivity contribution in [3.63, 3.8) is 0 Å². The second-order valence-electron chi connectivity index (χ2n) is 5.22. The first-order chi connectivity index (χ1) is 8.29. The van der Waals surface area contributed by atoms with Crippen molar-refractivity contribution in [2.75, 3.05) is 7.05 Å². The Bertz CT molecular complexity index is 387. The topological polar surface area (TPSA) is 29.5 Å². The molecule has 0 aliphatic rings. The van der Waals surface area contributed by atoms with Crippen LogP contribution in [0.1, 0.15) is 26.3 Å². The van der Waals surface area contributed by atoms with Crippen LogP contribution in [-0.2, 0) is 11.2 Å². The van der Waals surface area contributed by atoms with Gasteiger partial charge in [0.2, 0.25) is 0 Å². The Morgan fingerprint density at radius 1 is 1.33 bits per heavy atom. The maximum absolute atomic E-state index is 11.9. The lowest BCUT2D eigenvalue weighted by molar-refractivity contribution is 0.0284. The van der Waals surface area contributed by atoms with Gasteiger partial charge in [-0.3, -0.25) is 4.90 Å². The average Bonchev–Trinajstić information content (AvgIpc) is 2.27. The lowest BCUT2D eigenvalue weighted by Gasteiger charge is -2.27. The van der Waals surface area contributed by atoms with E-state index in [-0.39, 0.29) is 11.0 Å².